The van der Waals surface area contributed by atoms with Crippen LogP contribution in [0.1, 0.15) is 61.7 Å². The molecule has 2 aromatic rings. The number of carbonyl (C=O) groups is 1. The Morgan fingerprint density at radius 1 is 1.29 bits per heavy atom. The molecular weight excluding hydrogens is 537 g/mol. The number of allylic oxidation sites excluding steroid dienone is 6. The first-order chi connectivity index (χ1) is 19.1. The second-order valence-electron chi connectivity index (χ2n) is 8.60. The van der Waals surface area contributed by atoms with Gasteiger partial charge in [0.25, 0.3) is 0 Å². The van der Waals surface area contributed by atoms with Crippen molar-refractivity contribution in [2.24, 2.45) is 0 Å². The number of nitrogens with zero attached hydrogens (tertiary/aromatic N) is 2. The molecule has 2 aliphatic rings. The van der Waals surface area contributed by atoms with E-state index in [1.54, 1.807) is 18.2 Å². The van der Waals surface area contributed by atoms with E-state index in [0.717, 1.165) is 28.0 Å². The maximum atomic E-state index is 10.2. The van der Waals surface area contributed by atoms with Crippen molar-refractivity contribution < 1.29 is 66.0 Å². The Balaban J connectivity index is 0.000000615. The Labute approximate surface area is 288 Å². The van der Waals surface area contributed by atoms with Gasteiger partial charge in [-0.2, -0.15) is 17.7 Å². The molecule has 0 fully saturated rings. The summed E-state index contributed by atoms with van der Waals surface area (Å²) in [5, 5.41) is 24.4. The summed E-state index contributed by atoms with van der Waals surface area (Å²) >= 11 is 0. The molecule has 2 heterocycles. The number of aromatic carboxylic acids is 1. The molecule has 0 bridgehead atoms. The average Bonchev–Trinajstić information content (AvgIpc) is 2.96. The van der Waals surface area contributed by atoms with Gasteiger partial charge in [-0.05, 0) is 42.7 Å². The Bertz CT molecular complexity index is 1350. The average molecular weight is 577 g/mol. The molecule has 41 heavy (non-hydrogen) atoms. The zero-order chi connectivity index (χ0) is 30.2. The second kappa shape index (κ2) is 19.9. The van der Waals surface area contributed by atoms with Crippen LogP contribution < -0.4 is 56.1 Å². The van der Waals surface area contributed by atoms with Crippen molar-refractivity contribution in [1.29, 1.82) is 10.7 Å². The van der Waals surface area contributed by atoms with Gasteiger partial charge in [-0.25, -0.2) is 0 Å². The summed E-state index contributed by atoms with van der Waals surface area (Å²) in [4.78, 5) is 12.1. The van der Waals surface area contributed by atoms with E-state index < -0.39 is 5.97 Å². The molecular formula is C34H39KN3O3-. The van der Waals surface area contributed by atoms with E-state index in [-0.39, 0.29) is 63.0 Å². The predicted molar refractivity (Wildman–Crippen MR) is 164 cm³/mol. The van der Waals surface area contributed by atoms with Gasteiger partial charge in [0.15, 0.2) is 0 Å². The van der Waals surface area contributed by atoms with Crippen LogP contribution in [0.3, 0.4) is 0 Å². The quantitative estimate of drug-likeness (QED) is 0.305. The van der Waals surface area contributed by atoms with Crippen molar-refractivity contribution in [2.45, 2.75) is 47.6 Å². The van der Waals surface area contributed by atoms with Crippen LogP contribution in [0.15, 0.2) is 90.4 Å². The zero-order valence-electron chi connectivity index (χ0n) is 25.4. The SMILES string of the molecule is C=C1C=C(/C(C=N)=C/C)Oc2c([CH-]C)cc(C)cc21.CC.CC1=CN(C)C(C#N)C=C1.O=C(O)c1[c-]cccc1.[K+]. The summed E-state index contributed by atoms with van der Waals surface area (Å²) in [6, 6.07) is 15.3. The number of nitriles is 1. The van der Waals surface area contributed by atoms with E-state index in [1.165, 1.54) is 23.4 Å². The number of nitrogens with one attached hydrogen (secondary N) is 1. The predicted octanol–water partition coefficient (Wildman–Crippen LogP) is 4.95. The number of hydrogen-bond donors (Lipinski definition) is 2. The number of ether oxygens (including phenoxy) is 1. The number of likely N-dealkylation sites (N-methyl/N-ethyl adjacent to an activating group) is 1. The molecule has 7 heteroatoms. The van der Waals surface area contributed by atoms with Crippen molar-refractivity contribution in [3.63, 3.8) is 0 Å². The largest absolute Gasteiger partial charge is 1.00 e. The first-order valence-electron chi connectivity index (χ1n) is 13.0. The Kier molecular flexibility index (Phi) is 18.4. The summed E-state index contributed by atoms with van der Waals surface area (Å²) in [5.41, 5.74) is 6.34. The fourth-order valence-corrected chi connectivity index (χ4v) is 3.67. The van der Waals surface area contributed by atoms with Gasteiger partial charge in [0.1, 0.15) is 11.8 Å². The first-order valence-corrected chi connectivity index (χ1v) is 13.0. The summed E-state index contributed by atoms with van der Waals surface area (Å²) in [7, 11) is 1.90. The third-order valence-electron chi connectivity index (χ3n) is 5.65. The maximum absolute atomic E-state index is 10.2. The van der Waals surface area contributed by atoms with Gasteiger partial charge in [-0.15, -0.1) is 41.5 Å². The van der Waals surface area contributed by atoms with Crippen LogP contribution in [-0.4, -0.2) is 35.3 Å². The molecule has 0 aliphatic carbocycles. The summed E-state index contributed by atoms with van der Waals surface area (Å²) in [6.07, 6.45) is 12.9. The number of hydrogen-bond acceptors (Lipinski definition) is 5. The summed E-state index contributed by atoms with van der Waals surface area (Å²) < 4.78 is 5.97. The van der Waals surface area contributed by atoms with Gasteiger partial charge in [0, 0.05) is 30.8 Å². The van der Waals surface area contributed by atoms with Gasteiger partial charge >= 0.3 is 51.4 Å². The molecule has 0 saturated carbocycles. The molecule has 1 atom stereocenters. The molecule has 0 amide bonds. The van der Waals surface area contributed by atoms with Crippen molar-refractivity contribution in [3.8, 4) is 11.8 Å². The molecule has 0 saturated heterocycles. The topological polar surface area (TPSA) is 97.4 Å². The van der Waals surface area contributed by atoms with E-state index >= 15 is 0 Å². The van der Waals surface area contributed by atoms with E-state index in [0.29, 0.717) is 5.76 Å². The summed E-state index contributed by atoms with van der Waals surface area (Å²) in [5.74, 6) is 0.578. The summed E-state index contributed by atoms with van der Waals surface area (Å²) in [6.45, 7) is 16.1. The third-order valence-corrected chi connectivity index (χ3v) is 5.65. The van der Waals surface area contributed by atoms with Gasteiger partial charge in [-0.1, -0.05) is 58.1 Å². The molecule has 4 rings (SSSR count). The number of benzene rings is 2. The monoisotopic (exact) mass is 576 g/mol. The Morgan fingerprint density at radius 2 is 1.98 bits per heavy atom. The molecule has 0 radical (unpaired) electrons. The van der Waals surface area contributed by atoms with Gasteiger partial charge < -0.3 is 24.9 Å². The minimum absolute atomic E-state index is 0. The van der Waals surface area contributed by atoms with Crippen LogP contribution >= 0.6 is 0 Å². The van der Waals surface area contributed by atoms with E-state index in [1.807, 2.05) is 83.5 Å². The third kappa shape index (κ3) is 11.7. The minimum Gasteiger partial charge on any atom is -0.521 e. The molecule has 1 unspecified atom stereocenters. The van der Waals surface area contributed by atoms with Crippen LogP contribution in [0.5, 0.6) is 5.75 Å². The fraction of sp³-hybridized carbons (Fsp3) is 0.235. The van der Waals surface area contributed by atoms with Gasteiger partial charge in [-0.3, -0.25) is 0 Å². The minimum atomic E-state index is -0.935. The maximum Gasteiger partial charge on any atom is 1.00 e. The normalized spacial score (nSPS) is 14.6. The van der Waals surface area contributed by atoms with Crippen LogP contribution in [0.25, 0.3) is 5.57 Å². The molecule has 210 valence electrons. The standard InChI is InChI=1S/C17H18NO.C8H10N2.C7H5O2.C2H6.K/c1-5-13-7-11(3)8-15-12(4)9-16(19-17(13)15)14(6-2)10-18;1-7-3-4-8(5-9)10(2)6-7;8-7(9)6-4-2-1-3-5-6;1-2;/h5-10,18H,4H2,1-3H3;3-4,6,8H,1-2H3;1-4H,(H,8,9);1-2H3;/q-1;;-1;;+1/b14-6+,18-10?;;;;. The van der Waals surface area contributed by atoms with Crippen LogP contribution in [-0.2, 0) is 0 Å². The van der Waals surface area contributed by atoms with Crippen molar-refractivity contribution in [3.05, 3.63) is 125 Å². The molecule has 2 aliphatic heterocycles. The van der Waals surface area contributed by atoms with E-state index in [4.69, 9.17) is 20.5 Å². The van der Waals surface area contributed by atoms with E-state index in [9.17, 15) is 4.79 Å². The van der Waals surface area contributed by atoms with Crippen LogP contribution in [0, 0.1) is 36.2 Å². The number of fused-ring (bicyclic) bond motifs is 1. The molecule has 0 spiro atoms. The Hall–Kier alpha value is -3.12. The van der Waals surface area contributed by atoms with Crippen LogP contribution in [0.2, 0.25) is 0 Å². The second-order valence-corrected chi connectivity index (χ2v) is 8.60. The van der Waals surface area contributed by atoms with Crippen molar-refractivity contribution >= 4 is 17.8 Å². The first kappa shape index (κ1) is 37.9. The smallest absolute Gasteiger partial charge is 0.521 e. The molecule has 6 nitrogen and oxygen atoms in total. The number of aryl methyl sites for hydroxylation is 1. The Morgan fingerprint density at radius 3 is 2.44 bits per heavy atom. The van der Waals surface area contributed by atoms with Crippen molar-refractivity contribution in [2.75, 3.05) is 7.05 Å². The molecule has 2 N–H and O–H groups in total. The molecule has 0 aromatic heterocycles. The van der Waals surface area contributed by atoms with E-state index in [2.05, 4.69) is 37.8 Å². The van der Waals surface area contributed by atoms with Crippen molar-refractivity contribution in [1.82, 2.24) is 4.90 Å². The zero-order valence-corrected chi connectivity index (χ0v) is 28.6. The van der Waals surface area contributed by atoms with Crippen LogP contribution in [0.4, 0.5) is 0 Å². The van der Waals surface area contributed by atoms with Gasteiger partial charge in [0.2, 0.25) is 5.97 Å². The van der Waals surface area contributed by atoms with Gasteiger partial charge in [0.05, 0.1) is 6.07 Å². The molecule has 2 aromatic carbocycles. The number of carboxylic acids is 1. The number of carboxylic acid groups (broad SMARTS) is 1. The fourth-order valence-electron chi connectivity index (χ4n) is 3.67. The number of rotatable bonds is 4.